The highest BCUT2D eigenvalue weighted by Crippen LogP contribution is 2.20. The van der Waals surface area contributed by atoms with Crippen molar-refractivity contribution in [2.24, 2.45) is 7.05 Å². The summed E-state index contributed by atoms with van der Waals surface area (Å²) in [5, 5.41) is 7.92. The van der Waals surface area contributed by atoms with Gasteiger partial charge in [-0.1, -0.05) is 5.21 Å². The maximum atomic E-state index is 4.33. The van der Waals surface area contributed by atoms with Gasteiger partial charge in [0.25, 0.3) is 0 Å². The van der Waals surface area contributed by atoms with Gasteiger partial charge in [-0.3, -0.25) is 9.58 Å². The SMILES string of the molecule is CN(c1ccncn1)C1CCN(Cc2cnnn2C)CC1. The Morgan fingerprint density at radius 1 is 1.33 bits per heavy atom. The van der Waals surface area contributed by atoms with Crippen molar-refractivity contribution in [2.45, 2.75) is 25.4 Å². The Morgan fingerprint density at radius 3 is 2.76 bits per heavy atom. The van der Waals surface area contributed by atoms with E-state index in [1.54, 1.807) is 12.5 Å². The molecule has 0 saturated carbocycles. The predicted octanol–water partition coefficient (Wildman–Crippen LogP) is 0.706. The number of hydrogen-bond donors (Lipinski definition) is 0. The molecule has 3 heterocycles. The van der Waals surface area contributed by atoms with Crippen molar-refractivity contribution in [1.82, 2.24) is 29.9 Å². The van der Waals surface area contributed by atoms with Crippen LogP contribution in [0.2, 0.25) is 0 Å². The van der Waals surface area contributed by atoms with E-state index in [0.29, 0.717) is 6.04 Å². The molecule has 1 saturated heterocycles. The third kappa shape index (κ3) is 3.18. The third-order valence-corrected chi connectivity index (χ3v) is 4.23. The average molecular weight is 287 g/mol. The average Bonchev–Trinajstić information content (AvgIpc) is 2.93. The standard InChI is InChI=1S/C14H21N7/c1-19(14-3-6-15-11-16-14)12-4-7-21(8-5-12)10-13-9-17-18-20(13)2/h3,6,9,11-12H,4-5,7-8,10H2,1-2H3. The lowest BCUT2D eigenvalue weighted by Crippen LogP contribution is -2.43. The number of rotatable bonds is 4. The Labute approximate surface area is 124 Å². The van der Waals surface area contributed by atoms with Crippen molar-refractivity contribution in [3.8, 4) is 0 Å². The normalized spacial score (nSPS) is 17.0. The zero-order valence-electron chi connectivity index (χ0n) is 12.6. The number of anilines is 1. The second kappa shape index (κ2) is 6.17. The summed E-state index contributed by atoms with van der Waals surface area (Å²) in [6, 6.07) is 2.51. The molecule has 0 amide bonds. The molecule has 0 aliphatic carbocycles. The summed E-state index contributed by atoms with van der Waals surface area (Å²) in [6.07, 6.45) is 7.54. The minimum atomic E-state index is 0.542. The number of aryl methyl sites for hydroxylation is 1. The fraction of sp³-hybridized carbons (Fsp3) is 0.571. The summed E-state index contributed by atoms with van der Waals surface area (Å²) < 4.78 is 1.85. The van der Waals surface area contributed by atoms with Gasteiger partial charge in [0.1, 0.15) is 12.1 Å². The molecule has 1 fully saturated rings. The molecule has 0 spiro atoms. The number of hydrogen-bond acceptors (Lipinski definition) is 6. The van der Waals surface area contributed by atoms with Crippen LogP contribution in [0, 0.1) is 0 Å². The van der Waals surface area contributed by atoms with Gasteiger partial charge in [0.2, 0.25) is 0 Å². The van der Waals surface area contributed by atoms with Crippen molar-refractivity contribution >= 4 is 5.82 Å². The van der Waals surface area contributed by atoms with E-state index in [1.165, 1.54) is 0 Å². The summed E-state index contributed by atoms with van der Waals surface area (Å²) >= 11 is 0. The largest absolute Gasteiger partial charge is 0.356 e. The van der Waals surface area contributed by atoms with Crippen LogP contribution in [-0.4, -0.2) is 56.0 Å². The molecule has 0 bridgehead atoms. The van der Waals surface area contributed by atoms with Crippen molar-refractivity contribution in [2.75, 3.05) is 25.0 Å². The van der Waals surface area contributed by atoms with Gasteiger partial charge in [-0.05, 0) is 18.9 Å². The molecule has 0 N–H and O–H groups in total. The van der Waals surface area contributed by atoms with Crippen molar-refractivity contribution < 1.29 is 0 Å². The number of aromatic nitrogens is 5. The van der Waals surface area contributed by atoms with Crippen LogP contribution >= 0.6 is 0 Å². The van der Waals surface area contributed by atoms with E-state index in [2.05, 4.69) is 37.1 Å². The number of nitrogens with zero attached hydrogens (tertiary/aromatic N) is 7. The van der Waals surface area contributed by atoms with E-state index in [-0.39, 0.29) is 0 Å². The van der Waals surface area contributed by atoms with Gasteiger partial charge in [-0.2, -0.15) is 0 Å². The third-order valence-electron chi connectivity index (χ3n) is 4.23. The molecular weight excluding hydrogens is 266 g/mol. The number of likely N-dealkylation sites (tertiary alicyclic amines) is 1. The summed E-state index contributed by atoms with van der Waals surface area (Å²) in [7, 11) is 4.06. The second-order valence-corrected chi connectivity index (χ2v) is 5.53. The predicted molar refractivity (Wildman–Crippen MR) is 79.7 cm³/mol. The van der Waals surface area contributed by atoms with Gasteiger partial charge in [0.15, 0.2) is 0 Å². The lowest BCUT2D eigenvalue weighted by molar-refractivity contribution is 0.199. The van der Waals surface area contributed by atoms with E-state index in [1.807, 2.05) is 24.0 Å². The Balaban J connectivity index is 1.54. The highest BCUT2D eigenvalue weighted by atomic mass is 15.4. The first kappa shape index (κ1) is 13.9. The maximum Gasteiger partial charge on any atom is 0.131 e. The van der Waals surface area contributed by atoms with Crippen molar-refractivity contribution in [3.63, 3.8) is 0 Å². The molecule has 112 valence electrons. The van der Waals surface area contributed by atoms with Gasteiger partial charge in [0.05, 0.1) is 11.9 Å². The molecule has 21 heavy (non-hydrogen) atoms. The van der Waals surface area contributed by atoms with Crippen molar-refractivity contribution in [1.29, 1.82) is 0 Å². The molecule has 2 aromatic rings. The fourth-order valence-corrected chi connectivity index (χ4v) is 2.83. The van der Waals surface area contributed by atoms with Crippen LogP contribution in [0.25, 0.3) is 0 Å². The molecule has 0 aromatic carbocycles. The van der Waals surface area contributed by atoms with E-state index in [9.17, 15) is 0 Å². The van der Waals surface area contributed by atoms with Gasteiger partial charge >= 0.3 is 0 Å². The molecule has 7 nitrogen and oxygen atoms in total. The minimum absolute atomic E-state index is 0.542. The highest BCUT2D eigenvalue weighted by Gasteiger charge is 2.23. The molecule has 3 rings (SSSR count). The van der Waals surface area contributed by atoms with Crippen LogP contribution in [0.1, 0.15) is 18.5 Å². The molecule has 1 aliphatic heterocycles. The van der Waals surface area contributed by atoms with Crippen LogP contribution in [-0.2, 0) is 13.6 Å². The van der Waals surface area contributed by atoms with E-state index in [0.717, 1.165) is 44.0 Å². The second-order valence-electron chi connectivity index (χ2n) is 5.53. The van der Waals surface area contributed by atoms with Gasteiger partial charge in [0, 0.05) is 46.0 Å². The summed E-state index contributed by atoms with van der Waals surface area (Å²) in [4.78, 5) is 13.0. The molecular formula is C14H21N7. The van der Waals surface area contributed by atoms with Crippen molar-refractivity contribution in [3.05, 3.63) is 30.5 Å². The summed E-state index contributed by atoms with van der Waals surface area (Å²) in [5.41, 5.74) is 1.16. The minimum Gasteiger partial charge on any atom is -0.356 e. The first-order valence-corrected chi connectivity index (χ1v) is 7.29. The Morgan fingerprint density at radius 2 is 2.14 bits per heavy atom. The monoisotopic (exact) mass is 287 g/mol. The van der Waals surface area contributed by atoms with Crippen LogP contribution < -0.4 is 4.90 Å². The lowest BCUT2D eigenvalue weighted by atomic mass is 10.0. The van der Waals surface area contributed by atoms with E-state index < -0.39 is 0 Å². The quantitative estimate of drug-likeness (QED) is 0.825. The number of piperidine rings is 1. The molecule has 0 radical (unpaired) electrons. The van der Waals surface area contributed by atoms with Crippen LogP contribution in [0.5, 0.6) is 0 Å². The zero-order chi connectivity index (χ0) is 14.7. The lowest BCUT2D eigenvalue weighted by Gasteiger charge is -2.37. The molecule has 0 atom stereocenters. The molecule has 7 heteroatoms. The Bertz CT molecular complexity index is 560. The smallest absolute Gasteiger partial charge is 0.131 e. The molecule has 0 unspecified atom stereocenters. The first-order valence-electron chi connectivity index (χ1n) is 7.29. The fourth-order valence-electron chi connectivity index (χ4n) is 2.83. The topological polar surface area (TPSA) is 63.0 Å². The van der Waals surface area contributed by atoms with Crippen LogP contribution in [0.3, 0.4) is 0 Å². The van der Waals surface area contributed by atoms with E-state index >= 15 is 0 Å². The van der Waals surface area contributed by atoms with Gasteiger partial charge in [-0.25, -0.2) is 9.97 Å². The first-order chi connectivity index (χ1) is 10.2. The van der Waals surface area contributed by atoms with Gasteiger partial charge < -0.3 is 4.90 Å². The van der Waals surface area contributed by atoms with Crippen LogP contribution in [0.15, 0.2) is 24.8 Å². The zero-order valence-corrected chi connectivity index (χ0v) is 12.6. The highest BCUT2D eigenvalue weighted by molar-refractivity contribution is 5.36. The van der Waals surface area contributed by atoms with Gasteiger partial charge in [-0.15, -0.1) is 5.10 Å². The Kier molecular flexibility index (Phi) is 4.10. The maximum absolute atomic E-state index is 4.33. The Hall–Kier alpha value is -2.02. The summed E-state index contributed by atoms with van der Waals surface area (Å²) in [5.74, 6) is 0.999. The van der Waals surface area contributed by atoms with Crippen LogP contribution in [0.4, 0.5) is 5.82 Å². The van der Waals surface area contributed by atoms with E-state index in [4.69, 9.17) is 0 Å². The molecule has 2 aromatic heterocycles. The summed E-state index contributed by atoms with van der Waals surface area (Å²) in [6.45, 7) is 3.10. The molecule has 1 aliphatic rings.